The van der Waals surface area contributed by atoms with Crippen molar-refractivity contribution in [3.8, 4) is 0 Å². The van der Waals surface area contributed by atoms with E-state index in [0.29, 0.717) is 5.02 Å². The van der Waals surface area contributed by atoms with Crippen LogP contribution in [0, 0.1) is 0 Å². The molecule has 0 bridgehead atoms. The van der Waals surface area contributed by atoms with Crippen LogP contribution in [-0.4, -0.2) is 13.2 Å². The number of ether oxygens (including phenoxy) is 1. The molecule has 1 heterocycles. The Morgan fingerprint density at radius 1 is 1.39 bits per heavy atom. The van der Waals surface area contributed by atoms with Gasteiger partial charge in [-0.1, -0.05) is 11.6 Å². The molecule has 0 radical (unpaired) electrons. The van der Waals surface area contributed by atoms with Crippen LogP contribution in [-0.2, 0) is 4.74 Å². The van der Waals surface area contributed by atoms with Gasteiger partial charge in [0.2, 0.25) is 0 Å². The Morgan fingerprint density at radius 2 is 2.22 bits per heavy atom. The molecule has 1 unspecified atom stereocenters. The van der Waals surface area contributed by atoms with Crippen LogP contribution in [0.3, 0.4) is 0 Å². The van der Waals surface area contributed by atoms with Crippen LogP contribution in [0.5, 0.6) is 0 Å². The summed E-state index contributed by atoms with van der Waals surface area (Å²) in [6, 6.07) is 7.45. The molecule has 0 amide bonds. The average Bonchev–Trinajstić information content (AvgIpc) is 2.77. The van der Waals surface area contributed by atoms with Crippen molar-refractivity contribution in [1.29, 1.82) is 0 Å². The van der Waals surface area contributed by atoms with Crippen molar-refractivity contribution >= 4 is 22.6 Å². The topological polar surface area (TPSA) is 48.4 Å². The summed E-state index contributed by atoms with van der Waals surface area (Å²) in [5.74, 6) is 0.809. The standard InChI is InChI=1S/C14H18ClNO2/c1-2-17-7-3-4-12(16)14-9-10-8-11(15)5-6-13(10)18-14/h5-6,8-9,12H,2-4,7,16H2,1H3. The zero-order valence-electron chi connectivity index (χ0n) is 10.5. The Hall–Kier alpha value is -1.03. The van der Waals surface area contributed by atoms with E-state index in [1.807, 2.05) is 31.2 Å². The number of nitrogens with two attached hydrogens (primary N) is 1. The monoisotopic (exact) mass is 267 g/mol. The van der Waals surface area contributed by atoms with Crippen molar-refractivity contribution in [2.45, 2.75) is 25.8 Å². The molecule has 2 rings (SSSR count). The number of fused-ring (bicyclic) bond motifs is 1. The highest BCUT2D eigenvalue weighted by Gasteiger charge is 2.12. The van der Waals surface area contributed by atoms with Gasteiger partial charge in [0, 0.05) is 23.6 Å². The number of benzene rings is 1. The van der Waals surface area contributed by atoms with Gasteiger partial charge in [0.05, 0.1) is 6.04 Å². The molecule has 4 heteroatoms. The van der Waals surface area contributed by atoms with E-state index in [1.54, 1.807) is 0 Å². The van der Waals surface area contributed by atoms with Crippen molar-refractivity contribution in [2.24, 2.45) is 5.73 Å². The van der Waals surface area contributed by atoms with Gasteiger partial charge in [-0.3, -0.25) is 0 Å². The lowest BCUT2D eigenvalue weighted by molar-refractivity contribution is 0.141. The van der Waals surface area contributed by atoms with Crippen molar-refractivity contribution in [3.63, 3.8) is 0 Å². The average molecular weight is 268 g/mol. The third kappa shape index (κ3) is 3.25. The molecule has 2 N–H and O–H groups in total. The summed E-state index contributed by atoms with van der Waals surface area (Å²) >= 11 is 5.94. The molecule has 0 fully saturated rings. The molecule has 18 heavy (non-hydrogen) atoms. The van der Waals surface area contributed by atoms with Crippen molar-refractivity contribution in [1.82, 2.24) is 0 Å². The van der Waals surface area contributed by atoms with Crippen LogP contribution in [0.4, 0.5) is 0 Å². The summed E-state index contributed by atoms with van der Waals surface area (Å²) in [6.07, 6.45) is 1.79. The fraction of sp³-hybridized carbons (Fsp3) is 0.429. The molecule has 0 aliphatic heterocycles. The highest BCUT2D eigenvalue weighted by molar-refractivity contribution is 6.31. The fourth-order valence-electron chi connectivity index (χ4n) is 1.91. The normalized spacial score (nSPS) is 13.1. The van der Waals surface area contributed by atoms with E-state index in [9.17, 15) is 0 Å². The third-order valence-electron chi connectivity index (χ3n) is 2.87. The smallest absolute Gasteiger partial charge is 0.134 e. The SMILES string of the molecule is CCOCCCC(N)c1cc2cc(Cl)ccc2o1. The molecule has 1 aromatic carbocycles. The first-order valence-electron chi connectivity index (χ1n) is 6.23. The van der Waals surface area contributed by atoms with Gasteiger partial charge < -0.3 is 14.9 Å². The first kappa shape index (κ1) is 13.4. The van der Waals surface area contributed by atoms with Crippen LogP contribution in [0.15, 0.2) is 28.7 Å². The predicted molar refractivity (Wildman–Crippen MR) is 73.9 cm³/mol. The van der Waals surface area contributed by atoms with E-state index in [-0.39, 0.29) is 6.04 Å². The second kappa shape index (κ2) is 6.23. The summed E-state index contributed by atoms with van der Waals surface area (Å²) < 4.78 is 11.0. The number of halogens is 1. The molecule has 0 spiro atoms. The van der Waals surface area contributed by atoms with Crippen LogP contribution in [0.2, 0.25) is 5.02 Å². The Kier molecular flexibility index (Phi) is 4.64. The zero-order chi connectivity index (χ0) is 13.0. The lowest BCUT2D eigenvalue weighted by Crippen LogP contribution is -2.10. The van der Waals surface area contributed by atoms with Crippen LogP contribution in [0.1, 0.15) is 31.6 Å². The summed E-state index contributed by atoms with van der Waals surface area (Å²) in [5, 5.41) is 1.71. The number of rotatable bonds is 6. The van der Waals surface area contributed by atoms with E-state index in [1.165, 1.54) is 0 Å². The largest absolute Gasteiger partial charge is 0.459 e. The summed E-state index contributed by atoms with van der Waals surface area (Å²) in [4.78, 5) is 0. The number of hydrogen-bond donors (Lipinski definition) is 1. The third-order valence-corrected chi connectivity index (χ3v) is 3.11. The first-order valence-corrected chi connectivity index (χ1v) is 6.61. The van der Waals surface area contributed by atoms with Crippen LogP contribution < -0.4 is 5.73 Å². The summed E-state index contributed by atoms with van der Waals surface area (Å²) in [7, 11) is 0. The van der Waals surface area contributed by atoms with E-state index in [4.69, 9.17) is 26.5 Å². The molecule has 98 valence electrons. The van der Waals surface area contributed by atoms with Gasteiger partial charge >= 0.3 is 0 Å². The minimum absolute atomic E-state index is 0.0865. The molecule has 1 atom stereocenters. The zero-order valence-corrected chi connectivity index (χ0v) is 11.2. The first-order chi connectivity index (χ1) is 8.70. The quantitative estimate of drug-likeness (QED) is 0.808. The molecule has 0 aliphatic rings. The predicted octanol–water partition coefficient (Wildman–Crippen LogP) is 3.90. The van der Waals surface area contributed by atoms with Crippen molar-refractivity contribution in [2.75, 3.05) is 13.2 Å². The van der Waals surface area contributed by atoms with Gasteiger partial charge in [0.1, 0.15) is 11.3 Å². The highest BCUT2D eigenvalue weighted by Crippen LogP contribution is 2.27. The maximum absolute atomic E-state index is 6.10. The molecule has 1 aromatic heterocycles. The fourth-order valence-corrected chi connectivity index (χ4v) is 2.09. The Bertz CT molecular complexity index is 509. The second-order valence-corrected chi connectivity index (χ2v) is 4.71. The van der Waals surface area contributed by atoms with Crippen LogP contribution >= 0.6 is 11.6 Å². The Morgan fingerprint density at radius 3 is 3.00 bits per heavy atom. The Balaban J connectivity index is 2.01. The molecule has 2 aromatic rings. The van der Waals surface area contributed by atoms with Crippen molar-refractivity contribution < 1.29 is 9.15 Å². The van der Waals surface area contributed by atoms with E-state index in [2.05, 4.69) is 0 Å². The van der Waals surface area contributed by atoms with Gasteiger partial charge in [-0.05, 0) is 44.0 Å². The molecular formula is C14H18ClNO2. The molecule has 3 nitrogen and oxygen atoms in total. The maximum atomic E-state index is 6.10. The lowest BCUT2D eigenvalue weighted by atomic mass is 10.1. The minimum Gasteiger partial charge on any atom is -0.459 e. The molecule has 0 saturated heterocycles. The summed E-state index contributed by atoms with van der Waals surface area (Å²) in [5.41, 5.74) is 6.93. The Labute approximate surface area is 112 Å². The van der Waals surface area contributed by atoms with Gasteiger partial charge in [-0.2, -0.15) is 0 Å². The van der Waals surface area contributed by atoms with Gasteiger partial charge in [-0.25, -0.2) is 0 Å². The van der Waals surface area contributed by atoms with Gasteiger partial charge in [0.25, 0.3) is 0 Å². The van der Waals surface area contributed by atoms with Gasteiger partial charge in [0.15, 0.2) is 0 Å². The lowest BCUT2D eigenvalue weighted by Gasteiger charge is -2.07. The highest BCUT2D eigenvalue weighted by atomic mass is 35.5. The molecule has 0 saturated carbocycles. The van der Waals surface area contributed by atoms with Gasteiger partial charge in [-0.15, -0.1) is 0 Å². The molecule has 0 aliphatic carbocycles. The molecular weight excluding hydrogens is 250 g/mol. The second-order valence-electron chi connectivity index (χ2n) is 4.28. The minimum atomic E-state index is -0.0865. The van der Waals surface area contributed by atoms with E-state index < -0.39 is 0 Å². The number of furan rings is 1. The number of hydrogen-bond acceptors (Lipinski definition) is 3. The maximum Gasteiger partial charge on any atom is 0.134 e. The van der Waals surface area contributed by atoms with E-state index >= 15 is 0 Å². The van der Waals surface area contributed by atoms with Crippen LogP contribution in [0.25, 0.3) is 11.0 Å². The van der Waals surface area contributed by atoms with E-state index in [0.717, 1.165) is 42.8 Å². The van der Waals surface area contributed by atoms with Crippen molar-refractivity contribution in [3.05, 3.63) is 35.0 Å². The summed E-state index contributed by atoms with van der Waals surface area (Å²) in [6.45, 7) is 3.48.